The highest BCUT2D eigenvalue weighted by molar-refractivity contribution is 4.34. The Balaban J connectivity index is 2.34. The highest BCUT2D eigenvalue weighted by atomic mass is 15.2. The monoisotopic (exact) mass is 88.1 g/mol. The van der Waals surface area contributed by atoms with Crippen LogP contribution >= 0.6 is 0 Å². The Morgan fingerprint density at radius 3 is 2.50 bits per heavy atom. The summed E-state index contributed by atoms with van der Waals surface area (Å²) in [5.74, 6) is 0. The molecule has 6 heavy (non-hydrogen) atoms. The third kappa shape index (κ3) is 3.96. The van der Waals surface area contributed by atoms with Crippen molar-refractivity contribution >= 4 is 0 Å². The van der Waals surface area contributed by atoms with Crippen molar-refractivity contribution < 1.29 is 0 Å². The van der Waals surface area contributed by atoms with Gasteiger partial charge in [-0.25, -0.2) is 0 Å². The van der Waals surface area contributed by atoms with Crippen LogP contribution in [0.2, 0.25) is 0 Å². The third-order valence-corrected chi connectivity index (χ3v) is 0.780. The van der Waals surface area contributed by atoms with Gasteiger partial charge in [-0.1, -0.05) is 19.8 Å². The molecule has 0 aliphatic heterocycles. The first kappa shape index (κ1) is 5.96. The van der Waals surface area contributed by atoms with Crippen molar-refractivity contribution in [2.75, 3.05) is 6.54 Å². The minimum Gasteiger partial charge on any atom is -0.258 e. The number of unbranched alkanes of at least 4 members (excludes halogenated alkanes) is 2. The highest BCUT2D eigenvalue weighted by Gasteiger charge is 1.76. The Labute approximate surface area is 39.5 Å². The van der Waals surface area contributed by atoms with Crippen LogP contribution in [-0.2, 0) is 0 Å². The van der Waals surface area contributed by atoms with Gasteiger partial charge in [0.1, 0.15) is 0 Å². The molecule has 1 radical (unpaired) electrons. The molecule has 0 saturated heterocycles. The van der Waals surface area contributed by atoms with E-state index >= 15 is 0 Å². The Kier molecular flexibility index (Phi) is 4.93. The SMILES string of the molecule is CCCC[14CH2][NH]. The van der Waals surface area contributed by atoms with Crippen LogP contribution in [0, 0.1) is 0 Å². The van der Waals surface area contributed by atoms with Gasteiger partial charge in [0.05, 0.1) is 0 Å². The van der Waals surface area contributed by atoms with Crippen molar-refractivity contribution in [3.63, 3.8) is 0 Å². The lowest BCUT2D eigenvalue weighted by atomic mass is 10.3. The van der Waals surface area contributed by atoms with Crippen LogP contribution in [0.15, 0.2) is 0 Å². The van der Waals surface area contributed by atoms with E-state index in [2.05, 4.69) is 6.92 Å². The lowest BCUT2D eigenvalue weighted by Gasteiger charge is -1.85. The second-order valence-electron chi connectivity index (χ2n) is 1.46. The predicted molar refractivity (Wildman–Crippen MR) is 27.5 cm³/mol. The molecule has 0 aromatic rings. The molecule has 0 aliphatic carbocycles. The standard InChI is InChI=1S/C5H12N/c1-2-3-4-5-6/h6H,2-5H2,1H3/i5+2. The van der Waals surface area contributed by atoms with Crippen LogP contribution in [0.5, 0.6) is 0 Å². The molecule has 0 aliphatic rings. The van der Waals surface area contributed by atoms with Crippen molar-refractivity contribution in [3.8, 4) is 0 Å². The molecule has 37 valence electrons. The maximum Gasteiger partial charge on any atom is 0.00997 e. The molecule has 1 N–H and O–H groups in total. The zero-order chi connectivity index (χ0) is 4.83. The zero-order valence-corrected chi connectivity index (χ0v) is 4.33. The second-order valence-corrected chi connectivity index (χ2v) is 1.46. The van der Waals surface area contributed by atoms with Gasteiger partial charge in [-0.05, 0) is 6.42 Å². The predicted octanol–water partition coefficient (Wildman–Crippen LogP) is 1.46. The van der Waals surface area contributed by atoms with Crippen molar-refractivity contribution in [1.29, 1.82) is 0 Å². The van der Waals surface area contributed by atoms with Gasteiger partial charge in [0.15, 0.2) is 0 Å². The molecule has 1 nitrogen and oxygen atoms in total. The van der Waals surface area contributed by atoms with E-state index in [1.54, 1.807) is 0 Å². The van der Waals surface area contributed by atoms with E-state index in [1.807, 2.05) is 0 Å². The van der Waals surface area contributed by atoms with Gasteiger partial charge in [0.2, 0.25) is 0 Å². The van der Waals surface area contributed by atoms with Crippen molar-refractivity contribution in [3.05, 3.63) is 0 Å². The normalized spacial score (nSPS) is 9.00. The summed E-state index contributed by atoms with van der Waals surface area (Å²) in [4.78, 5) is 0. The summed E-state index contributed by atoms with van der Waals surface area (Å²) in [5, 5.41) is 0. The van der Waals surface area contributed by atoms with Gasteiger partial charge in [0, 0.05) is 6.54 Å². The Morgan fingerprint density at radius 2 is 2.33 bits per heavy atom. The van der Waals surface area contributed by atoms with E-state index in [0.717, 1.165) is 6.42 Å². The van der Waals surface area contributed by atoms with Crippen LogP contribution in [0.25, 0.3) is 0 Å². The molecule has 0 unspecified atom stereocenters. The summed E-state index contributed by atoms with van der Waals surface area (Å²) in [7, 11) is 0. The van der Waals surface area contributed by atoms with Crippen molar-refractivity contribution in [1.82, 2.24) is 5.73 Å². The first-order chi connectivity index (χ1) is 2.91. The molecule has 0 saturated carbocycles. The summed E-state index contributed by atoms with van der Waals surface area (Å²) in [6.45, 7) is 2.75. The van der Waals surface area contributed by atoms with E-state index in [1.165, 1.54) is 12.8 Å². The zero-order valence-electron chi connectivity index (χ0n) is 4.33. The first-order valence-electron chi connectivity index (χ1n) is 2.56. The fourth-order valence-corrected chi connectivity index (χ4v) is 0.375. The number of hydrogen-bond donors (Lipinski definition) is 0. The van der Waals surface area contributed by atoms with E-state index < -0.39 is 0 Å². The molecule has 0 bridgehead atoms. The summed E-state index contributed by atoms with van der Waals surface area (Å²) < 4.78 is 0. The number of nitrogens with one attached hydrogen (secondary N) is 1. The molecule has 1 heteroatoms. The minimum atomic E-state index is 0.605. The smallest absolute Gasteiger partial charge is 0.00997 e. The third-order valence-electron chi connectivity index (χ3n) is 0.780. The van der Waals surface area contributed by atoms with Gasteiger partial charge < -0.3 is 0 Å². The van der Waals surface area contributed by atoms with Crippen LogP contribution < -0.4 is 5.73 Å². The van der Waals surface area contributed by atoms with E-state index in [9.17, 15) is 0 Å². The average molecular weight is 88.2 g/mol. The molecular formula is C5H12N. The number of rotatable bonds is 3. The van der Waals surface area contributed by atoms with Crippen LogP contribution in [0.1, 0.15) is 26.2 Å². The Morgan fingerprint density at radius 1 is 1.67 bits per heavy atom. The van der Waals surface area contributed by atoms with Crippen LogP contribution in [0.4, 0.5) is 0 Å². The maximum atomic E-state index is 6.71. The second kappa shape index (κ2) is 4.96. The Bertz CT molecular complexity index is 15.9. The van der Waals surface area contributed by atoms with E-state index in [-0.39, 0.29) is 0 Å². The quantitative estimate of drug-likeness (QED) is 0.466. The Hall–Kier alpha value is -0.0400. The lowest BCUT2D eigenvalue weighted by molar-refractivity contribution is 0.719. The van der Waals surface area contributed by atoms with Gasteiger partial charge >= 0.3 is 0 Å². The van der Waals surface area contributed by atoms with Crippen LogP contribution in [0.3, 0.4) is 0 Å². The van der Waals surface area contributed by atoms with E-state index in [4.69, 9.17) is 5.73 Å². The fraction of sp³-hybridized carbons (Fsp3) is 1.00. The van der Waals surface area contributed by atoms with Crippen molar-refractivity contribution in [2.24, 2.45) is 0 Å². The molecule has 0 fully saturated rings. The molecule has 0 aromatic heterocycles. The summed E-state index contributed by atoms with van der Waals surface area (Å²) in [6.07, 6.45) is 3.54. The van der Waals surface area contributed by atoms with Crippen LogP contribution in [-0.4, -0.2) is 6.54 Å². The minimum absolute atomic E-state index is 0.605. The maximum absolute atomic E-state index is 6.71. The molecule has 0 atom stereocenters. The fourth-order valence-electron chi connectivity index (χ4n) is 0.375. The average Bonchev–Trinajstić information content (AvgIpc) is 1.61. The van der Waals surface area contributed by atoms with Gasteiger partial charge in [-0.15, -0.1) is 0 Å². The largest absolute Gasteiger partial charge is 0.258 e. The van der Waals surface area contributed by atoms with E-state index in [0.29, 0.717) is 6.54 Å². The first-order valence-corrected chi connectivity index (χ1v) is 2.56. The van der Waals surface area contributed by atoms with Crippen molar-refractivity contribution in [2.45, 2.75) is 26.2 Å². The molecule has 0 rings (SSSR count). The molecule has 0 amide bonds. The molecular weight excluding hydrogens is 76.1 g/mol. The summed E-state index contributed by atoms with van der Waals surface area (Å²) in [5.41, 5.74) is 6.71. The molecule has 0 aromatic carbocycles. The van der Waals surface area contributed by atoms with Gasteiger partial charge in [0.25, 0.3) is 0 Å². The highest BCUT2D eigenvalue weighted by Crippen LogP contribution is 1.89. The topological polar surface area (TPSA) is 23.8 Å². The summed E-state index contributed by atoms with van der Waals surface area (Å²) in [6, 6.07) is 0. The molecule has 0 heterocycles. The van der Waals surface area contributed by atoms with Gasteiger partial charge in [-0.2, -0.15) is 0 Å². The van der Waals surface area contributed by atoms with Gasteiger partial charge in [-0.3, -0.25) is 5.73 Å². The summed E-state index contributed by atoms with van der Waals surface area (Å²) >= 11 is 0. The molecule has 0 spiro atoms. The lowest BCUT2D eigenvalue weighted by Crippen LogP contribution is -1.81. The number of hydrogen-bond acceptors (Lipinski definition) is 0.